The predicted molar refractivity (Wildman–Crippen MR) is 127 cm³/mol. The van der Waals surface area contributed by atoms with Crippen LogP contribution >= 0.6 is 22.6 Å². The van der Waals surface area contributed by atoms with Gasteiger partial charge in [-0.2, -0.15) is 14.4 Å². The molecule has 0 saturated heterocycles. The first kappa shape index (κ1) is 23.1. The third-order valence-corrected chi connectivity index (χ3v) is 7.51. The van der Waals surface area contributed by atoms with Crippen LogP contribution in [0.5, 0.6) is 5.75 Å². The maximum Gasteiger partial charge on any atom is 0.312 e. The van der Waals surface area contributed by atoms with Gasteiger partial charge < -0.3 is 15.0 Å². The number of ether oxygens (including phenoxy) is 1. The van der Waals surface area contributed by atoms with Crippen molar-refractivity contribution < 1.29 is 17.5 Å². The lowest BCUT2D eigenvalue weighted by molar-refractivity contribution is 0.356. The Bertz CT molecular complexity index is 1280. The lowest BCUT2D eigenvalue weighted by Crippen LogP contribution is -2.31. The number of hydrogen-bond donors (Lipinski definition) is 2. The van der Waals surface area contributed by atoms with Crippen LogP contribution in [-0.2, 0) is 29.4 Å². The molecule has 2 aromatic heterocycles. The van der Waals surface area contributed by atoms with Crippen LogP contribution in [0.2, 0.25) is 0 Å². The van der Waals surface area contributed by atoms with Crippen molar-refractivity contribution in [1.82, 2.24) is 24.2 Å². The molecule has 32 heavy (non-hydrogen) atoms. The third kappa shape index (κ3) is 4.96. The Labute approximate surface area is 199 Å². The molecule has 0 atom stereocenters. The van der Waals surface area contributed by atoms with Gasteiger partial charge in [-0.1, -0.05) is 13.8 Å². The lowest BCUT2D eigenvalue weighted by Gasteiger charge is -2.12. The average molecular weight is 574 g/mol. The standard InChI is InChI=1S/C20H24FIN6O3S/c1-11(2)10-24-32(29,30)6-4-28-16(25-17-18(23)26-20(21)27-19(17)28)9-13-8-15-12(3-5-31-15)7-14(13)22/h7-8,11,24H,3-6,9-10H2,1-2H3,(H2,23,26,27). The minimum absolute atomic E-state index is 0.0488. The monoisotopic (exact) mass is 574 g/mol. The van der Waals surface area contributed by atoms with Crippen molar-refractivity contribution >= 4 is 49.6 Å². The summed E-state index contributed by atoms with van der Waals surface area (Å²) < 4.78 is 49.8. The maximum atomic E-state index is 13.9. The average Bonchev–Trinajstić information content (AvgIpc) is 3.29. The molecule has 0 spiro atoms. The van der Waals surface area contributed by atoms with Gasteiger partial charge in [0.05, 0.1) is 12.4 Å². The summed E-state index contributed by atoms with van der Waals surface area (Å²) in [6.45, 7) is 4.90. The van der Waals surface area contributed by atoms with Crippen molar-refractivity contribution in [2.75, 3.05) is 24.6 Å². The number of rotatable bonds is 8. The van der Waals surface area contributed by atoms with E-state index < -0.39 is 16.1 Å². The van der Waals surface area contributed by atoms with E-state index in [1.54, 1.807) is 4.57 Å². The Kier molecular flexibility index (Phi) is 6.54. The summed E-state index contributed by atoms with van der Waals surface area (Å²) in [5, 5.41) is 0. The van der Waals surface area contributed by atoms with Gasteiger partial charge in [-0.3, -0.25) is 0 Å². The number of aromatic nitrogens is 4. The number of anilines is 1. The molecule has 0 aliphatic carbocycles. The van der Waals surface area contributed by atoms with Crippen LogP contribution in [-0.4, -0.2) is 46.8 Å². The van der Waals surface area contributed by atoms with Gasteiger partial charge >= 0.3 is 6.08 Å². The van der Waals surface area contributed by atoms with E-state index in [4.69, 9.17) is 10.5 Å². The molecule has 9 nitrogen and oxygen atoms in total. The van der Waals surface area contributed by atoms with Gasteiger partial charge in [0.1, 0.15) is 11.6 Å². The number of nitrogens with zero attached hydrogens (tertiary/aromatic N) is 4. The Morgan fingerprint density at radius 3 is 2.84 bits per heavy atom. The summed E-state index contributed by atoms with van der Waals surface area (Å²) >= 11 is 2.26. The van der Waals surface area contributed by atoms with E-state index in [9.17, 15) is 12.8 Å². The van der Waals surface area contributed by atoms with Gasteiger partial charge in [-0.05, 0) is 51.8 Å². The van der Waals surface area contributed by atoms with Gasteiger partial charge in [0.2, 0.25) is 10.0 Å². The fourth-order valence-corrected chi connectivity index (χ4v) is 5.41. The summed E-state index contributed by atoms with van der Waals surface area (Å²) in [6.07, 6.45) is 0.270. The zero-order valence-corrected chi connectivity index (χ0v) is 20.7. The molecule has 0 bridgehead atoms. The number of hydrogen-bond acceptors (Lipinski definition) is 7. The van der Waals surface area contributed by atoms with Crippen LogP contribution in [0.15, 0.2) is 12.1 Å². The fourth-order valence-electron chi connectivity index (χ4n) is 3.53. The van der Waals surface area contributed by atoms with Crippen LogP contribution in [0, 0.1) is 15.6 Å². The van der Waals surface area contributed by atoms with E-state index in [0.717, 1.165) is 26.9 Å². The Hall–Kier alpha value is -2.06. The number of nitrogens with two attached hydrogens (primary N) is 1. The molecule has 1 aromatic carbocycles. The zero-order valence-electron chi connectivity index (χ0n) is 17.7. The molecule has 0 radical (unpaired) electrons. The van der Waals surface area contributed by atoms with Crippen molar-refractivity contribution in [1.29, 1.82) is 0 Å². The Morgan fingerprint density at radius 2 is 2.09 bits per heavy atom. The number of halogens is 2. The van der Waals surface area contributed by atoms with E-state index in [2.05, 4.69) is 48.3 Å². The van der Waals surface area contributed by atoms with Gasteiger partial charge in [0.15, 0.2) is 17.0 Å². The first-order chi connectivity index (χ1) is 15.1. The highest BCUT2D eigenvalue weighted by atomic mass is 127. The Morgan fingerprint density at radius 1 is 1.31 bits per heavy atom. The zero-order chi connectivity index (χ0) is 23.0. The Balaban J connectivity index is 1.70. The number of benzene rings is 1. The topological polar surface area (TPSA) is 125 Å². The lowest BCUT2D eigenvalue weighted by atomic mass is 10.1. The minimum Gasteiger partial charge on any atom is -0.493 e. The molecule has 4 rings (SSSR count). The van der Waals surface area contributed by atoms with Crippen LogP contribution < -0.4 is 15.2 Å². The van der Waals surface area contributed by atoms with Gasteiger partial charge in [-0.25, -0.2) is 18.1 Å². The molecule has 0 amide bonds. The van der Waals surface area contributed by atoms with Gasteiger partial charge in [-0.15, -0.1) is 0 Å². The number of sulfonamides is 1. The van der Waals surface area contributed by atoms with E-state index in [-0.39, 0.29) is 35.2 Å². The molecule has 1 aliphatic rings. The molecule has 1 aliphatic heterocycles. The van der Waals surface area contributed by atoms with Gasteiger partial charge in [0, 0.05) is 29.5 Å². The van der Waals surface area contributed by atoms with Crippen molar-refractivity contribution in [3.8, 4) is 5.75 Å². The normalized spacial score (nSPS) is 13.7. The highest BCUT2D eigenvalue weighted by Gasteiger charge is 2.22. The second-order valence-electron chi connectivity index (χ2n) is 8.12. The van der Waals surface area contributed by atoms with Crippen LogP contribution in [0.4, 0.5) is 10.2 Å². The van der Waals surface area contributed by atoms with Crippen LogP contribution in [0.25, 0.3) is 11.2 Å². The second-order valence-corrected chi connectivity index (χ2v) is 11.2. The molecule has 3 N–H and O–H groups in total. The highest BCUT2D eigenvalue weighted by molar-refractivity contribution is 14.1. The van der Waals surface area contributed by atoms with Crippen LogP contribution in [0.3, 0.4) is 0 Å². The number of aryl methyl sites for hydroxylation is 1. The van der Waals surface area contributed by atoms with Gasteiger partial charge in [0.25, 0.3) is 0 Å². The van der Waals surface area contributed by atoms with Crippen molar-refractivity contribution in [2.45, 2.75) is 33.2 Å². The largest absolute Gasteiger partial charge is 0.493 e. The first-order valence-electron chi connectivity index (χ1n) is 10.2. The number of nitrogen functional groups attached to an aromatic ring is 1. The summed E-state index contributed by atoms with van der Waals surface area (Å²) in [7, 11) is -3.54. The van der Waals surface area contributed by atoms with Crippen molar-refractivity contribution in [2.24, 2.45) is 5.92 Å². The highest BCUT2D eigenvalue weighted by Crippen LogP contribution is 2.31. The van der Waals surface area contributed by atoms with Crippen molar-refractivity contribution in [3.05, 3.63) is 38.7 Å². The molecule has 3 aromatic rings. The SMILES string of the molecule is CC(C)CNS(=O)(=O)CCn1c(Cc2cc3c(cc2I)CCO3)nc2c(N)nc(F)nc21. The summed E-state index contributed by atoms with van der Waals surface area (Å²) in [5.41, 5.74) is 8.44. The first-order valence-corrected chi connectivity index (χ1v) is 13.0. The molecule has 3 heterocycles. The van der Waals surface area contributed by atoms with E-state index in [1.807, 2.05) is 19.9 Å². The van der Waals surface area contributed by atoms with Crippen molar-refractivity contribution in [3.63, 3.8) is 0 Å². The van der Waals surface area contributed by atoms with E-state index in [0.29, 0.717) is 25.4 Å². The molecular formula is C20H24FIN6O3S. The van der Waals surface area contributed by atoms with E-state index in [1.165, 1.54) is 0 Å². The number of fused-ring (bicyclic) bond motifs is 2. The summed E-state index contributed by atoms with van der Waals surface area (Å²) in [4.78, 5) is 12.0. The molecule has 12 heteroatoms. The second kappa shape index (κ2) is 9.06. The van der Waals surface area contributed by atoms with E-state index >= 15 is 0 Å². The summed E-state index contributed by atoms with van der Waals surface area (Å²) in [5.74, 6) is 1.27. The predicted octanol–water partition coefficient (Wildman–Crippen LogP) is 2.25. The molecule has 0 saturated carbocycles. The fraction of sp³-hybridized carbons (Fsp3) is 0.450. The minimum atomic E-state index is -3.54. The third-order valence-electron chi connectivity index (χ3n) is 5.18. The smallest absolute Gasteiger partial charge is 0.312 e. The number of nitrogens with one attached hydrogen (secondary N) is 1. The molecule has 172 valence electrons. The molecule has 0 unspecified atom stereocenters. The molecule has 0 fully saturated rings. The summed E-state index contributed by atoms with van der Waals surface area (Å²) in [6, 6.07) is 4.06. The maximum absolute atomic E-state index is 13.9. The number of imidazole rings is 1. The van der Waals surface area contributed by atoms with Crippen LogP contribution in [0.1, 0.15) is 30.8 Å². The molecular weight excluding hydrogens is 550 g/mol. The quantitative estimate of drug-likeness (QED) is 0.313.